The van der Waals surface area contributed by atoms with Gasteiger partial charge < -0.3 is 9.29 Å². The maximum Gasteiger partial charge on any atom is 0.159 e. The van der Waals surface area contributed by atoms with Crippen LogP contribution < -0.4 is 0 Å². The minimum Gasteiger partial charge on any atom is -0.375 e. The second kappa shape index (κ2) is 3.81. The molecule has 3 atom stereocenters. The van der Waals surface area contributed by atoms with E-state index in [1.165, 1.54) is 0 Å². The molecule has 0 saturated heterocycles. The Morgan fingerprint density at radius 3 is 2.86 bits per heavy atom. The molecule has 2 rings (SSSR count). The molecule has 0 aromatic heterocycles. The van der Waals surface area contributed by atoms with Crippen molar-refractivity contribution in [2.45, 2.75) is 17.8 Å². The van der Waals surface area contributed by atoms with Crippen molar-refractivity contribution in [1.29, 1.82) is 0 Å². The van der Waals surface area contributed by atoms with Crippen molar-refractivity contribution < 1.29 is 13.5 Å². The van der Waals surface area contributed by atoms with Crippen LogP contribution >= 0.6 is 0 Å². The van der Waals surface area contributed by atoms with E-state index < -0.39 is 11.1 Å². The molecule has 0 aliphatic heterocycles. The molecule has 1 aromatic carbocycles. The van der Waals surface area contributed by atoms with Crippen molar-refractivity contribution in [2.24, 2.45) is 0 Å². The average molecular weight is 212 g/mol. The third kappa shape index (κ3) is 1.49. The number of methoxy groups -OCH3 is 1. The number of benzene rings is 1. The maximum atomic E-state index is 11.1. The van der Waals surface area contributed by atoms with Crippen LogP contribution in [0.25, 0.3) is 0 Å². The lowest BCUT2D eigenvalue weighted by atomic mass is 10.1. The van der Waals surface area contributed by atoms with Gasteiger partial charge in [0, 0.05) is 7.11 Å². The molecule has 1 aliphatic rings. The average Bonchev–Trinajstić information content (AvgIpc) is 2.56. The zero-order valence-corrected chi connectivity index (χ0v) is 8.66. The number of hydrogen-bond acceptors (Lipinski definition) is 2. The molecular weight excluding hydrogens is 200 g/mol. The second-order valence-electron chi connectivity index (χ2n) is 3.37. The van der Waals surface area contributed by atoms with Crippen LogP contribution in [0.1, 0.15) is 17.2 Å². The van der Waals surface area contributed by atoms with E-state index >= 15 is 0 Å². The summed E-state index contributed by atoms with van der Waals surface area (Å²) in [6, 6.07) is 7.80. The normalized spacial score (nSPS) is 27.3. The third-order valence-electron chi connectivity index (χ3n) is 2.63. The molecule has 0 spiro atoms. The maximum absolute atomic E-state index is 11.1. The van der Waals surface area contributed by atoms with Gasteiger partial charge in [0.25, 0.3) is 0 Å². The van der Waals surface area contributed by atoms with Crippen molar-refractivity contribution in [3.63, 3.8) is 0 Å². The van der Waals surface area contributed by atoms with Crippen LogP contribution in [0.5, 0.6) is 0 Å². The molecule has 0 fully saturated rings. The van der Waals surface area contributed by atoms with E-state index in [1.807, 2.05) is 24.3 Å². The van der Waals surface area contributed by atoms with Crippen molar-refractivity contribution in [3.05, 3.63) is 35.4 Å². The topological polar surface area (TPSA) is 46.5 Å². The quantitative estimate of drug-likeness (QED) is 0.756. The van der Waals surface area contributed by atoms with Gasteiger partial charge in [-0.2, -0.15) is 0 Å². The largest absolute Gasteiger partial charge is 0.375 e. The summed E-state index contributed by atoms with van der Waals surface area (Å²) in [5.74, 6) is 0. The molecule has 1 unspecified atom stereocenters. The monoisotopic (exact) mass is 212 g/mol. The Hall–Kier alpha value is -0.710. The van der Waals surface area contributed by atoms with Gasteiger partial charge in [0.15, 0.2) is 11.1 Å². The zero-order chi connectivity index (χ0) is 10.1. The Bertz CT molecular complexity index is 364. The summed E-state index contributed by atoms with van der Waals surface area (Å²) < 4.78 is 25.4. The lowest BCUT2D eigenvalue weighted by Crippen LogP contribution is -2.21. The highest BCUT2D eigenvalue weighted by Crippen LogP contribution is 2.35. The smallest absolute Gasteiger partial charge is 0.159 e. The third-order valence-corrected chi connectivity index (χ3v) is 3.57. The highest BCUT2D eigenvalue weighted by atomic mass is 32.2. The standard InChI is InChI=1S/C10H12O3S/c1-13-10-8-5-3-2-4-7(8)6-9(10)14(11)12/h2-5,9-10H,6H2,1H3,(H,11,12)/t9-,10+/m1/s1. The van der Waals surface area contributed by atoms with Crippen LogP contribution in [0.15, 0.2) is 24.3 Å². The van der Waals surface area contributed by atoms with Crippen LogP contribution in [-0.2, 0) is 22.2 Å². The minimum atomic E-state index is -1.82. The van der Waals surface area contributed by atoms with Crippen LogP contribution in [-0.4, -0.2) is 21.1 Å². The summed E-state index contributed by atoms with van der Waals surface area (Å²) in [7, 11) is 1.58. The molecule has 0 saturated carbocycles. The summed E-state index contributed by atoms with van der Waals surface area (Å²) in [6.45, 7) is 0. The first-order chi connectivity index (χ1) is 6.74. The first-order valence-corrected chi connectivity index (χ1v) is 5.61. The summed E-state index contributed by atoms with van der Waals surface area (Å²) in [5, 5.41) is -0.322. The molecule has 0 radical (unpaired) electrons. The highest BCUT2D eigenvalue weighted by Gasteiger charge is 2.35. The Morgan fingerprint density at radius 1 is 1.50 bits per heavy atom. The van der Waals surface area contributed by atoms with Gasteiger partial charge >= 0.3 is 0 Å². The summed E-state index contributed by atoms with van der Waals surface area (Å²) in [6.07, 6.45) is 0.384. The van der Waals surface area contributed by atoms with Gasteiger partial charge in [0.1, 0.15) is 0 Å². The molecule has 1 aromatic rings. The van der Waals surface area contributed by atoms with E-state index in [0.29, 0.717) is 6.42 Å². The molecule has 3 nitrogen and oxygen atoms in total. The van der Waals surface area contributed by atoms with Crippen LogP contribution in [0.3, 0.4) is 0 Å². The van der Waals surface area contributed by atoms with Crippen LogP contribution in [0, 0.1) is 0 Å². The minimum absolute atomic E-state index is 0.239. The summed E-state index contributed by atoms with van der Waals surface area (Å²) in [5.41, 5.74) is 2.16. The highest BCUT2D eigenvalue weighted by molar-refractivity contribution is 7.80. The van der Waals surface area contributed by atoms with Gasteiger partial charge in [-0.1, -0.05) is 24.3 Å². The summed E-state index contributed by atoms with van der Waals surface area (Å²) in [4.78, 5) is 0. The fraction of sp³-hybridized carbons (Fsp3) is 0.400. The van der Waals surface area contributed by atoms with Gasteiger partial charge in [-0.15, -0.1) is 0 Å². The first kappa shape index (κ1) is 9.83. The number of rotatable bonds is 2. The van der Waals surface area contributed by atoms with E-state index in [-0.39, 0.29) is 11.4 Å². The van der Waals surface area contributed by atoms with Crippen LogP contribution in [0.2, 0.25) is 0 Å². The van der Waals surface area contributed by atoms with E-state index in [1.54, 1.807) is 7.11 Å². The van der Waals surface area contributed by atoms with E-state index in [0.717, 1.165) is 11.1 Å². The molecule has 1 aliphatic carbocycles. The molecular formula is C10H12O3S. The predicted molar refractivity (Wildman–Crippen MR) is 54.5 cm³/mol. The molecule has 0 amide bonds. The predicted octanol–water partition coefficient (Wildman–Crippen LogP) is 1.52. The fourth-order valence-electron chi connectivity index (χ4n) is 1.98. The number of fused-ring (bicyclic) bond motifs is 1. The van der Waals surface area contributed by atoms with Crippen molar-refractivity contribution >= 4 is 11.1 Å². The van der Waals surface area contributed by atoms with E-state index in [9.17, 15) is 4.21 Å². The van der Waals surface area contributed by atoms with Crippen molar-refractivity contribution in [2.75, 3.05) is 7.11 Å². The van der Waals surface area contributed by atoms with E-state index in [4.69, 9.17) is 9.29 Å². The molecule has 4 heteroatoms. The molecule has 76 valence electrons. The van der Waals surface area contributed by atoms with Crippen molar-refractivity contribution in [3.8, 4) is 0 Å². The molecule has 14 heavy (non-hydrogen) atoms. The molecule has 0 heterocycles. The van der Waals surface area contributed by atoms with Gasteiger partial charge in [0.2, 0.25) is 0 Å². The van der Waals surface area contributed by atoms with Gasteiger partial charge in [-0.05, 0) is 17.5 Å². The fourth-order valence-corrected chi connectivity index (χ4v) is 2.77. The Labute approximate surface area is 85.4 Å². The Morgan fingerprint density at radius 2 is 2.21 bits per heavy atom. The molecule has 0 bridgehead atoms. The summed E-state index contributed by atoms with van der Waals surface area (Å²) >= 11 is -1.82. The Balaban J connectivity index is 2.38. The lowest BCUT2D eigenvalue weighted by molar-refractivity contribution is 0.107. The second-order valence-corrected chi connectivity index (χ2v) is 4.53. The van der Waals surface area contributed by atoms with Gasteiger partial charge in [-0.25, -0.2) is 4.21 Å². The SMILES string of the molecule is CO[C@H]1c2ccccc2C[C@H]1S(=O)O. The lowest BCUT2D eigenvalue weighted by Gasteiger charge is -2.15. The van der Waals surface area contributed by atoms with Crippen LogP contribution in [0.4, 0.5) is 0 Å². The van der Waals surface area contributed by atoms with Crippen molar-refractivity contribution in [1.82, 2.24) is 0 Å². The zero-order valence-electron chi connectivity index (χ0n) is 7.84. The molecule has 1 N–H and O–H groups in total. The van der Waals surface area contributed by atoms with E-state index in [2.05, 4.69) is 0 Å². The first-order valence-electron chi connectivity index (χ1n) is 4.44. The van der Waals surface area contributed by atoms with Gasteiger partial charge in [-0.3, -0.25) is 0 Å². The van der Waals surface area contributed by atoms with Gasteiger partial charge in [0.05, 0.1) is 11.4 Å². The number of hydrogen-bond donors (Lipinski definition) is 1. The number of ether oxygens (including phenoxy) is 1. The Kier molecular flexibility index (Phi) is 2.67.